The lowest BCUT2D eigenvalue weighted by atomic mass is 10.1. The summed E-state index contributed by atoms with van der Waals surface area (Å²) < 4.78 is 1.84. The summed E-state index contributed by atoms with van der Waals surface area (Å²) in [5, 5.41) is 4.85. The quantitative estimate of drug-likeness (QED) is 0.680. The van der Waals surface area contributed by atoms with E-state index >= 15 is 0 Å². The van der Waals surface area contributed by atoms with Gasteiger partial charge in [0.1, 0.15) is 0 Å². The normalized spacial score (nSPS) is 10.3. The number of rotatable bonds is 1. The van der Waals surface area contributed by atoms with Crippen LogP contribution in [0.3, 0.4) is 0 Å². The molecule has 0 atom stereocenters. The molecule has 0 fully saturated rings. The first-order chi connectivity index (χ1) is 6.27. The fraction of sp³-hybridized carbons (Fsp3) is 0.100. The predicted molar refractivity (Wildman–Crippen MR) is 53.7 cm³/mol. The van der Waals surface area contributed by atoms with E-state index < -0.39 is 0 Å². The molecule has 2 rings (SSSR count). The summed E-state index contributed by atoms with van der Waals surface area (Å²) in [7, 11) is 1.92. The van der Waals surface area contributed by atoms with Gasteiger partial charge >= 0.3 is 0 Å². The van der Waals surface area contributed by atoms with Crippen molar-refractivity contribution in [2.24, 2.45) is 7.05 Å². The molecule has 0 bridgehead atoms. The van der Waals surface area contributed by atoms with Crippen LogP contribution in [-0.4, -0.2) is 9.78 Å². The Morgan fingerprint density at radius 2 is 1.85 bits per heavy atom. The van der Waals surface area contributed by atoms with E-state index in [0.29, 0.717) is 0 Å². The number of aromatic nitrogens is 2. The van der Waals surface area contributed by atoms with Crippen LogP contribution in [0.5, 0.6) is 0 Å². The molecule has 0 amide bonds. The lowest BCUT2D eigenvalue weighted by Crippen LogP contribution is -1.92. The van der Waals surface area contributed by atoms with Gasteiger partial charge in [0.05, 0.1) is 5.69 Å². The molecule has 0 saturated carbocycles. The Labute approximate surface area is 81.8 Å². The Morgan fingerprint density at radius 1 is 1.15 bits per heavy atom. The molecule has 0 aliphatic rings. The molecular weight excluding hydrogens is 184 g/mol. The third-order valence-corrected chi connectivity index (χ3v) is 2.21. The molecule has 0 aliphatic carbocycles. The third kappa shape index (κ3) is 1.58. The largest absolute Gasteiger partial charge is 0.268 e. The number of aryl methyl sites for hydroxylation is 1. The molecule has 3 heteroatoms. The zero-order valence-electron chi connectivity index (χ0n) is 7.24. The maximum atomic E-state index is 5.79. The fourth-order valence-electron chi connectivity index (χ4n) is 1.28. The highest BCUT2D eigenvalue weighted by molar-refractivity contribution is 6.30. The zero-order chi connectivity index (χ0) is 9.26. The number of benzene rings is 1. The van der Waals surface area contributed by atoms with E-state index in [2.05, 4.69) is 5.10 Å². The maximum Gasteiger partial charge on any atom is 0.0678 e. The molecule has 0 unspecified atom stereocenters. The summed E-state index contributed by atoms with van der Waals surface area (Å²) in [6.45, 7) is 0. The molecule has 0 aliphatic heterocycles. The van der Waals surface area contributed by atoms with Gasteiger partial charge in [-0.25, -0.2) is 0 Å². The first-order valence-electron chi connectivity index (χ1n) is 4.01. The van der Waals surface area contributed by atoms with Gasteiger partial charge in [-0.05, 0) is 23.8 Å². The highest BCUT2D eigenvalue weighted by Gasteiger charge is 2.00. The summed E-state index contributed by atoms with van der Waals surface area (Å²) >= 11 is 5.79. The first-order valence-corrected chi connectivity index (χ1v) is 4.39. The van der Waals surface area contributed by atoms with E-state index in [9.17, 15) is 0 Å². The Hall–Kier alpha value is -1.28. The zero-order valence-corrected chi connectivity index (χ0v) is 7.99. The van der Waals surface area contributed by atoms with Gasteiger partial charge in [0, 0.05) is 18.3 Å². The number of nitrogens with zero attached hydrogens (tertiary/aromatic N) is 2. The van der Waals surface area contributed by atoms with Crippen LogP contribution in [0.2, 0.25) is 5.02 Å². The van der Waals surface area contributed by atoms with Crippen molar-refractivity contribution in [3.05, 3.63) is 41.6 Å². The molecule has 0 spiro atoms. The topological polar surface area (TPSA) is 17.8 Å². The molecule has 13 heavy (non-hydrogen) atoms. The van der Waals surface area contributed by atoms with E-state index in [4.69, 9.17) is 11.6 Å². The maximum absolute atomic E-state index is 5.79. The molecule has 1 heterocycles. The van der Waals surface area contributed by atoms with E-state index in [1.54, 1.807) is 6.20 Å². The molecule has 1 aromatic carbocycles. The van der Waals surface area contributed by atoms with E-state index in [1.165, 1.54) is 0 Å². The molecular formula is C10H9ClN2. The second-order valence-corrected chi connectivity index (χ2v) is 3.28. The second kappa shape index (κ2) is 3.23. The molecule has 66 valence electrons. The SMILES string of the molecule is Cn1nccc1-c1ccc(Cl)cc1. The summed E-state index contributed by atoms with van der Waals surface area (Å²) in [4.78, 5) is 0. The minimum Gasteiger partial charge on any atom is -0.268 e. The smallest absolute Gasteiger partial charge is 0.0678 e. The van der Waals surface area contributed by atoms with Crippen molar-refractivity contribution in [2.75, 3.05) is 0 Å². The van der Waals surface area contributed by atoms with Crippen LogP contribution in [0.4, 0.5) is 0 Å². The highest BCUT2D eigenvalue weighted by atomic mass is 35.5. The molecule has 0 radical (unpaired) electrons. The van der Waals surface area contributed by atoms with Crippen molar-refractivity contribution < 1.29 is 0 Å². The first kappa shape index (κ1) is 8.32. The Kier molecular flexibility index (Phi) is 2.07. The standard InChI is InChI=1S/C10H9ClN2/c1-13-10(6-7-12-13)8-2-4-9(11)5-3-8/h2-7H,1H3. The van der Waals surface area contributed by atoms with Crippen LogP contribution in [0.1, 0.15) is 0 Å². The van der Waals surface area contributed by atoms with Gasteiger partial charge in [0.25, 0.3) is 0 Å². The van der Waals surface area contributed by atoms with Crippen molar-refractivity contribution in [1.82, 2.24) is 9.78 Å². The number of hydrogen-bond donors (Lipinski definition) is 0. The Morgan fingerprint density at radius 3 is 2.38 bits per heavy atom. The van der Waals surface area contributed by atoms with Gasteiger partial charge in [0.15, 0.2) is 0 Å². The van der Waals surface area contributed by atoms with Crippen molar-refractivity contribution in [3.8, 4) is 11.3 Å². The van der Waals surface area contributed by atoms with Crippen LogP contribution in [-0.2, 0) is 7.05 Å². The van der Waals surface area contributed by atoms with Gasteiger partial charge < -0.3 is 0 Å². The third-order valence-electron chi connectivity index (χ3n) is 1.96. The molecule has 1 aromatic heterocycles. The Bertz CT molecular complexity index is 403. The van der Waals surface area contributed by atoms with Crippen molar-refractivity contribution >= 4 is 11.6 Å². The average molecular weight is 193 g/mol. The van der Waals surface area contributed by atoms with Gasteiger partial charge in [-0.15, -0.1) is 0 Å². The lowest BCUT2D eigenvalue weighted by molar-refractivity contribution is 0.776. The Balaban J connectivity index is 2.47. The highest BCUT2D eigenvalue weighted by Crippen LogP contribution is 2.19. The van der Waals surface area contributed by atoms with Crippen LogP contribution in [0.15, 0.2) is 36.5 Å². The molecule has 2 aromatic rings. The second-order valence-electron chi connectivity index (χ2n) is 2.85. The van der Waals surface area contributed by atoms with E-state index in [1.807, 2.05) is 42.1 Å². The summed E-state index contributed by atoms with van der Waals surface area (Å²) in [6, 6.07) is 9.70. The van der Waals surface area contributed by atoms with Crippen LogP contribution in [0.25, 0.3) is 11.3 Å². The van der Waals surface area contributed by atoms with Gasteiger partial charge in [-0.3, -0.25) is 4.68 Å². The van der Waals surface area contributed by atoms with Crippen molar-refractivity contribution in [2.45, 2.75) is 0 Å². The van der Waals surface area contributed by atoms with Crippen molar-refractivity contribution in [3.63, 3.8) is 0 Å². The predicted octanol–water partition coefficient (Wildman–Crippen LogP) is 2.74. The summed E-state index contributed by atoms with van der Waals surface area (Å²) in [5.74, 6) is 0. The average Bonchev–Trinajstić information content (AvgIpc) is 2.53. The van der Waals surface area contributed by atoms with E-state index in [0.717, 1.165) is 16.3 Å². The van der Waals surface area contributed by atoms with Crippen molar-refractivity contribution in [1.29, 1.82) is 0 Å². The fourth-order valence-corrected chi connectivity index (χ4v) is 1.40. The van der Waals surface area contributed by atoms with E-state index in [-0.39, 0.29) is 0 Å². The molecule has 0 N–H and O–H groups in total. The van der Waals surface area contributed by atoms with Gasteiger partial charge in [-0.1, -0.05) is 23.7 Å². The minimum absolute atomic E-state index is 0.755. The van der Waals surface area contributed by atoms with Crippen LogP contribution < -0.4 is 0 Å². The minimum atomic E-state index is 0.755. The monoisotopic (exact) mass is 192 g/mol. The van der Waals surface area contributed by atoms with Gasteiger partial charge in [0.2, 0.25) is 0 Å². The lowest BCUT2D eigenvalue weighted by Gasteiger charge is -2.01. The number of hydrogen-bond acceptors (Lipinski definition) is 1. The summed E-state index contributed by atoms with van der Waals surface area (Å²) in [6.07, 6.45) is 1.78. The van der Waals surface area contributed by atoms with Gasteiger partial charge in [-0.2, -0.15) is 5.10 Å². The molecule has 0 saturated heterocycles. The van der Waals surface area contributed by atoms with Crippen LogP contribution >= 0.6 is 11.6 Å². The van der Waals surface area contributed by atoms with Crippen LogP contribution in [0, 0.1) is 0 Å². The summed E-state index contributed by atoms with van der Waals surface area (Å²) in [5.41, 5.74) is 2.22. The number of halogens is 1. The molecule has 2 nitrogen and oxygen atoms in total.